The molecule has 50 heteroatoms. The Kier molecular flexibility index (Phi) is 57.0. The molecule has 4 aromatic rings. The monoisotopic (exact) mass is 2100 g/mol. The van der Waals surface area contributed by atoms with Crippen molar-refractivity contribution in [1.82, 2.24) is 98.8 Å². The Balaban J connectivity index is 1.08. The Morgan fingerprint density at radius 3 is 1.52 bits per heavy atom. The summed E-state index contributed by atoms with van der Waals surface area (Å²) >= 11 is 8.74. The second kappa shape index (κ2) is 68.4. The molecule has 2 aromatic heterocycles. The number of rotatable bonds is 76. The molecule has 0 aliphatic carbocycles. The number of nitrogens with two attached hydrogens (primary N) is 2. The minimum absolute atomic E-state index is 0.0100. The number of carbonyl (C=O) groups excluding carboxylic acids is 15. The van der Waals surface area contributed by atoms with Gasteiger partial charge in [0.1, 0.15) is 79.1 Å². The molecule has 2 aliphatic heterocycles. The van der Waals surface area contributed by atoms with Crippen LogP contribution in [0.15, 0.2) is 73.3 Å². The fraction of sp³-hybridized carbons (Fsp3) is 0.619. The van der Waals surface area contributed by atoms with Crippen molar-refractivity contribution in [3.8, 4) is 0 Å². The average Bonchev–Trinajstić information content (AvgIpc) is 1.66. The molecule has 6 rings (SSSR count). The summed E-state index contributed by atoms with van der Waals surface area (Å²) in [7, 11) is 0. The van der Waals surface area contributed by atoms with E-state index in [2.05, 4.69) is 109 Å². The highest BCUT2D eigenvalue weighted by Crippen LogP contribution is 2.28. The van der Waals surface area contributed by atoms with E-state index < -0.39 is 218 Å². The van der Waals surface area contributed by atoms with Gasteiger partial charge in [-0.05, 0) is 132 Å². The Morgan fingerprint density at radius 1 is 0.469 bits per heavy atom. The molecule has 15 amide bonds. The maximum absolute atomic E-state index is 15.2. The summed E-state index contributed by atoms with van der Waals surface area (Å²) in [4.78, 5) is 271. The molecule has 147 heavy (non-hydrogen) atoms. The molecular formula is C97H148N22O26S2. The number of aromatic amines is 2. The van der Waals surface area contributed by atoms with E-state index >= 15 is 19.2 Å². The topological polar surface area (TPSA) is 730 Å². The Morgan fingerprint density at radius 2 is 0.959 bits per heavy atom. The largest absolute Gasteiger partial charge is 0.481 e. The number of hydrogen-bond donors (Lipinski definition) is 25. The lowest BCUT2D eigenvalue weighted by Gasteiger charge is -2.33. The minimum Gasteiger partial charge on any atom is -0.481 e. The van der Waals surface area contributed by atoms with E-state index in [1.807, 2.05) is 0 Å². The van der Waals surface area contributed by atoms with E-state index in [4.69, 9.17) is 31.5 Å². The number of likely N-dealkylation sites (tertiary alicyclic amines) is 2. The number of unbranched alkanes of at least 4 members (excludes halogenated alkanes) is 13. The number of thiol groups is 2. The quantitative estimate of drug-likeness (QED) is 0.0112. The molecule has 12 unspecified atom stereocenters. The lowest BCUT2D eigenvalue weighted by atomic mass is 10.0. The number of nitrogens with one attached hydrogen (secondary N) is 16. The number of aliphatic carboxylic acids is 4. The van der Waals surface area contributed by atoms with E-state index in [9.17, 15) is 92.3 Å². The van der Waals surface area contributed by atoms with Crippen LogP contribution in [-0.2, 0) is 120 Å². The number of aromatic nitrogens is 3. The average molecular weight is 2100 g/mol. The first-order chi connectivity index (χ1) is 70.5. The Hall–Kier alpha value is -13.1. The van der Waals surface area contributed by atoms with Crippen molar-refractivity contribution in [3.05, 3.63) is 90.1 Å². The predicted molar refractivity (Wildman–Crippen MR) is 543 cm³/mol. The molecule has 4 heterocycles. The van der Waals surface area contributed by atoms with Gasteiger partial charge in [0.2, 0.25) is 88.6 Å². The van der Waals surface area contributed by atoms with Crippen LogP contribution in [0.4, 0.5) is 0 Å². The molecule has 25 N–H and O–H groups in total. The number of nitrogens with zero attached hydrogens (tertiary/aromatic N) is 4. The summed E-state index contributed by atoms with van der Waals surface area (Å²) in [6, 6.07) is -2.34. The smallest absolute Gasteiger partial charge is 0.317 e. The number of primary amides is 1. The van der Waals surface area contributed by atoms with Crippen molar-refractivity contribution in [3.63, 3.8) is 0 Å². The van der Waals surface area contributed by atoms with E-state index in [1.54, 1.807) is 60.8 Å². The number of H-pyrrole nitrogens is 2. The van der Waals surface area contributed by atoms with Crippen LogP contribution in [0.25, 0.3) is 10.9 Å². The number of fused-ring (bicyclic) bond motifs is 1. The second-order valence-corrected chi connectivity index (χ2v) is 37.2. The summed E-state index contributed by atoms with van der Waals surface area (Å²) in [6.45, 7) is -0.959. The van der Waals surface area contributed by atoms with Gasteiger partial charge in [0, 0.05) is 113 Å². The second-order valence-electron chi connectivity index (χ2n) is 36.4. The minimum atomic E-state index is -1.91. The first-order valence-corrected chi connectivity index (χ1v) is 51.4. The number of benzene rings is 2. The Bertz CT molecular complexity index is 4910. The Labute approximate surface area is 863 Å². The van der Waals surface area contributed by atoms with Crippen molar-refractivity contribution < 1.29 is 126 Å². The third-order valence-corrected chi connectivity index (χ3v) is 25.4. The summed E-state index contributed by atoms with van der Waals surface area (Å²) in [6.07, 6.45) is 16.0. The molecule has 814 valence electrons. The van der Waals surface area contributed by atoms with Gasteiger partial charge in [0.05, 0.1) is 45.8 Å². The highest BCUT2D eigenvalue weighted by atomic mass is 32.1. The molecule has 2 aliphatic rings. The fourth-order valence-electron chi connectivity index (χ4n) is 17.1. The van der Waals surface area contributed by atoms with Gasteiger partial charge in [0.15, 0.2) is 5.96 Å². The third kappa shape index (κ3) is 47.1. The van der Waals surface area contributed by atoms with Gasteiger partial charge in [-0.1, -0.05) is 113 Å². The fourth-order valence-corrected chi connectivity index (χ4v) is 17.6. The first-order valence-electron chi connectivity index (χ1n) is 50.1. The lowest BCUT2D eigenvalue weighted by molar-refractivity contribution is -0.148. The zero-order chi connectivity index (χ0) is 108. The van der Waals surface area contributed by atoms with Crippen LogP contribution in [0.2, 0.25) is 0 Å². The highest BCUT2D eigenvalue weighted by molar-refractivity contribution is 7.80. The third-order valence-electron chi connectivity index (χ3n) is 24.7. The van der Waals surface area contributed by atoms with Crippen molar-refractivity contribution in [2.24, 2.45) is 11.5 Å². The summed E-state index contributed by atoms with van der Waals surface area (Å²) < 4.78 is 10.9. The number of carboxylic acid groups (broad SMARTS) is 4. The molecule has 48 nitrogen and oxygen atoms in total. The molecule has 0 radical (unpaired) electrons. The molecule has 2 saturated heterocycles. The number of para-hydroxylation sites is 1. The van der Waals surface area contributed by atoms with Gasteiger partial charge in [-0.15, -0.1) is 0 Å². The SMILES string of the molecule is CC(=O)NC(CCS)C(=O)NC(Cc1cnc[nH]1)C(=O)NC(Cc1ccccc1)C(=O)NC(CCCNC(=N)N)C(=O)NC(Cc1c[nH]c2ccccc12)C(=O)NC(CS)C(=O)N1CCCC1C(=O)N1CCCC1C(=O)NC(CO)C(=O)NC(CCC(=O)O)C(=O)NC(CCCCN(CC(=O)O)CC(=O)O)C(=O)NC(CCCCNC(=O)COCCOCCNC(=O)CCCCCCCCCCCCCCC(=O)O)C(N)=O. The van der Waals surface area contributed by atoms with Gasteiger partial charge in [-0.25, -0.2) is 4.98 Å². The number of aliphatic hydroxyl groups is 1. The van der Waals surface area contributed by atoms with E-state index in [-0.39, 0.29) is 186 Å². The van der Waals surface area contributed by atoms with Crippen LogP contribution in [-0.4, -0.2) is 343 Å². The van der Waals surface area contributed by atoms with Crippen LogP contribution >= 0.6 is 25.3 Å². The molecule has 0 spiro atoms. The zero-order valence-electron chi connectivity index (χ0n) is 83.2. The number of carbonyl (C=O) groups is 19. The normalized spacial score (nSPS) is 15.3. The van der Waals surface area contributed by atoms with Crippen LogP contribution < -0.4 is 80.6 Å². The van der Waals surface area contributed by atoms with Gasteiger partial charge in [-0.3, -0.25) is 101 Å². The van der Waals surface area contributed by atoms with Gasteiger partial charge in [0.25, 0.3) is 0 Å². The van der Waals surface area contributed by atoms with Crippen molar-refractivity contribution in [2.75, 3.05) is 96.9 Å². The summed E-state index contributed by atoms with van der Waals surface area (Å²) in [5.74, 6) is -17.8. The van der Waals surface area contributed by atoms with Crippen LogP contribution in [0, 0.1) is 5.41 Å². The van der Waals surface area contributed by atoms with Crippen molar-refractivity contribution >= 4 is 155 Å². The standard InChI is InChI=1S/C97H148N22O26S2/c1-61(121)107-71(39-49-146)89(136)114-74(52-64-54-101-60-106-64)92(139)112-72(50-62-26-13-12-14-27-62)90(137)110-69(32-23-41-104-97(99)100)87(134)113-73(51-63-53-105-66-29-18-17-28-65(63)66)91(138)116-76(59-147)95(142)119-45-25-34-78(119)96(143)118-44-24-33-77(118)94(141)115-75(57-120)93(140)111-70(37-38-82(126)127)88(135)109-68(31-20-22-43-117(55-83(128)129)56-84(130)131)86(133)108-67(85(98)132)30-19-21-40-102-80(123)58-145-48-47-144-46-42-103-79(122)35-15-10-8-6-4-2-3-5-7-9-11-16-36-81(124)125/h12-14,17-18,26-29,53-54,60,67-78,105,120,146-147H,2-11,15-16,19-25,30-52,55-59H2,1H3,(H2,98,132)(H,101,106)(H,102,123)(H,103,122)(H,107,121)(H,108,133)(H,109,135)(H,110,137)(H,111,140)(H,112,139)(H,113,134)(H,114,136)(H,115,141)(H,116,138)(H,124,125)(H,126,127)(H,128,129)(H,130,131)(H4,99,100,104). The highest BCUT2D eigenvalue weighted by Gasteiger charge is 2.46. The number of ether oxygens (including phenoxy) is 2. The van der Waals surface area contributed by atoms with Crippen LogP contribution in [0.1, 0.15) is 210 Å². The predicted octanol–water partition coefficient (Wildman–Crippen LogP) is -0.752. The van der Waals surface area contributed by atoms with Crippen LogP contribution in [0.3, 0.4) is 0 Å². The first kappa shape index (κ1) is 123. The van der Waals surface area contributed by atoms with E-state index in [0.29, 0.717) is 40.7 Å². The molecular weight excluding hydrogens is 1950 g/mol. The number of guanidine groups is 1. The number of imidazole rings is 1. The summed E-state index contributed by atoms with van der Waals surface area (Å²) in [5.41, 5.74) is 13.5. The van der Waals surface area contributed by atoms with Gasteiger partial charge >= 0.3 is 23.9 Å². The molecule has 0 bridgehead atoms. The van der Waals surface area contributed by atoms with Crippen molar-refractivity contribution in [1.29, 1.82) is 5.41 Å². The number of amides is 15. The molecule has 0 saturated carbocycles. The number of hydrogen-bond acceptors (Lipinski definition) is 27. The molecule has 2 fully saturated rings. The van der Waals surface area contributed by atoms with Gasteiger partial charge < -0.3 is 135 Å². The molecule has 2 aromatic carbocycles. The maximum Gasteiger partial charge on any atom is 0.317 e. The zero-order valence-corrected chi connectivity index (χ0v) is 85.0. The van der Waals surface area contributed by atoms with E-state index in [0.717, 1.165) is 69.1 Å². The number of aliphatic hydroxyl groups excluding tert-OH is 1. The van der Waals surface area contributed by atoms with Crippen LogP contribution in [0.5, 0.6) is 0 Å². The lowest BCUT2D eigenvalue weighted by Crippen LogP contribution is -2.61. The van der Waals surface area contributed by atoms with E-state index in [1.165, 1.54) is 42.1 Å². The molecule has 12 atom stereocenters. The number of carboxylic acids is 4. The van der Waals surface area contributed by atoms with Gasteiger partial charge in [-0.2, -0.15) is 25.3 Å². The maximum atomic E-state index is 15.2. The van der Waals surface area contributed by atoms with Crippen molar-refractivity contribution in [2.45, 2.75) is 285 Å². The summed E-state index contributed by atoms with van der Waals surface area (Å²) in [5, 5.41) is 90.9.